The molecule has 0 saturated carbocycles. The summed E-state index contributed by atoms with van der Waals surface area (Å²) >= 11 is 0. The maximum Gasteiger partial charge on any atom is 0.461 e. The molecule has 0 fully saturated rings. The zero-order valence-electron chi connectivity index (χ0n) is 19.5. The quantitative estimate of drug-likeness (QED) is 0.250. The Labute approximate surface area is 212 Å². The second-order valence-corrected chi connectivity index (χ2v) is 8.04. The van der Waals surface area contributed by atoms with Crippen molar-refractivity contribution in [2.24, 2.45) is 0 Å². The Morgan fingerprint density at radius 2 is 1.46 bits per heavy atom. The second-order valence-electron chi connectivity index (χ2n) is 8.04. The van der Waals surface area contributed by atoms with Crippen LogP contribution in [0.1, 0.15) is 31.0 Å². The molecule has 0 aliphatic heterocycles. The lowest BCUT2D eigenvalue weighted by Gasteiger charge is -2.23. The van der Waals surface area contributed by atoms with Crippen molar-refractivity contribution in [3.8, 4) is 11.5 Å². The van der Waals surface area contributed by atoms with E-state index in [0.29, 0.717) is 12.1 Å². The number of allylic oxidation sites excluding steroid dienone is 1. The van der Waals surface area contributed by atoms with Crippen molar-refractivity contribution in [1.29, 1.82) is 0 Å². The standard InChI is InChI=1S/C23H17F12NO3/c1-10(2)38-16-7-11(3-4-15(16)25)19(36-18(37)9-17(21(28,29)30)22(31,32)33)12-5-13(24)8-14(6-12)39-23(34,35)20(26)27/h3-10,19-20H,1-2H3,(H,36,37)/t19-/m1/s1. The van der Waals surface area contributed by atoms with Gasteiger partial charge in [-0.1, -0.05) is 6.07 Å². The van der Waals surface area contributed by atoms with Gasteiger partial charge in [-0.25, -0.2) is 8.78 Å². The Balaban J connectivity index is 2.67. The lowest BCUT2D eigenvalue weighted by atomic mass is 9.97. The van der Waals surface area contributed by atoms with E-state index in [1.54, 1.807) is 5.32 Å². The molecule has 4 nitrogen and oxygen atoms in total. The van der Waals surface area contributed by atoms with Crippen molar-refractivity contribution >= 4 is 5.91 Å². The van der Waals surface area contributed by atoms with Crippen LogP contribution in [0.5, 0.6) is 11.5 Å². The zero-order valence-corrected chi connectivity index (χ0v) is 19.5. The van der Waals surface area contributed by atoms with E-state index in [2.05, 4.69) is 4.74 Å². The smallest absolute Gasteiger partial charge is 0.461 e. The maximum atomic E-state index is 14.2. The highest BCUT2D eigenvalue weighted by atomic mass is 19.4. The molecule has 1 amide bonds. The molecule has 39 heavy (non-hydrogen) atoms. The Morgan fingerprint density at radius 1 is 0.872 bits per heavy atom. The highest BCUT2D eigenvalue weighted by molar-refractivity contribution is 5.89. The van der Waals surface area contributed by atoms with E-state index in [-0.39, 0.29) is 11.6 Å². The number of alkyl halides is 10. The summed E-state index contributed by atoms with van der Waals surface area (Å²) in [7, 11) is 0. The second kappa shape index (κ2) is 11.7. The Bertz CT molecular complexity index is 1190. The van der Waals surface area contributed by atoms with Crippen LogP contribution in [0, 0.1) is 11.6 Å². The van der Waals surface area contributed by atoms with Gasteiger partial charge < -0.3 is 14.8 Å². The van der Waals surface area contributed by atoms with E-state index in [9.17, 15) is 57.5 Å². The van der Waals surface area contributed by atoms with E-state index in [1.165, 1.54) is 13.8 Å². The van der Waals surface area contributed by atoms with Gasteiger partial charge in [0.05, 0.1) is 12.1 Å². The molecule has 0 aromatic heterocycles. The van der Waals surface area contributed by atoms with Crippen LogP contribution in [0.3, 0.4) is 0 Å². The van der Waals surface area contributed by atoms with Crippen LogP contribution in [0.25, 0.3) is 0 Å². The van der Waals surface area contributed by atoms with E-state index >= 15 is 0 Å². The number of rotatable bonds is 9. The summed E-state index contributed by atoms with van der Waals surface area (Å²) in [6.07, 6.45) is -23.1. The zero-order chi connectivity index (χ0) is 29.9. The van der Waals surface area contributed by atoms with Crippen molar-refractivity contribution in [2.75, 3.05) is 0 Å². The highest BCUT2D eigenvalue weighted by Gasteiger charge is 2.51. The minimum Gasteiger partial charge on any atom is -0.488 e. The van der Waals surface area contributed by atoms with E-state index in [1.807, 2.05) is 0 Å². The number of carbonyl (C=O) groups is 1. The predicted octanol–water partition coefficient (Wildman–Crippen LogP) is 7.25. The van der Waals surface area contributed by atoms with Crippen LogP contribution in [0.2, 0.25) is 0 Å². The molecular weight excluding hydrogens is 566 g/mol. The SMILES string of the molecule is CC(C)Oc1cc([C@@H](NC(=O)C=C(C(F)(F)F)C(F)(F)F)c2cc(F)cc(OC(F)(F)C(F)F)c2)ccc1F. The Kier molecular flexibility index (Phi) is 9.45. The molecule has 2 rings (SSSR count). The monoisotopic (exact) mass is 583 g/mol. The molecule has 0 saturated heterocycles. The van der Waals surface area contributed by atoms with E-state index < -0.39 is 83.3 Å². The van der Waals surface area contributed by atoms with Gasteiger partial charge in [-0.15, -0.1) is 0 Å². The summed E-state index contributed by atoms with van der Waals surface area (Å²) in [6, 6.07) is 1.66. The number of ether oxygens (including phenoxy) is 2. The largest absolute Gasteiger partial charge is 0.488 e. The maximum absolute atomic E-state index is 14.2. The summed E-state index contributed by atoms with van der Waals surface area (Å²) in [4.78, 5) is 12.3. The third-order valence-corrected chi connectivity index (χ3v) is 4.56. The normalized spacial score (nSPS) is 13.3. The van der Waals surface area contributed by atoms with Crippen LogP contribution in [0.4, 0.5) is 52.7 Å². The van der Waals surface area contributed by atoms with Gasteiger partial charge in [0.2, 0.25) is 5.91 Å². The summed E-state index contributed by atoms with van der Waals surface area (Å²) < 4.78 is 166. The first-order valence-corrected chi connectivity index (χ1v) is 10.5. The number of nitrogens with one attached hydrogen (secondary N) is 1. The third-order valence-electron chi connectivity index (χ3n) is 4.56. The van der Waals surface area contributed by atoms with Crippen LogP contribution < -0.4 is 14.8 Å². The minimum atomic E-state index is -6.03. The molecule has 0 spiro atoms. The van der Waals surface area contributed by atoms with Gasteiger partial charge in [0.25, 0.3) is 0 Å². The molecule has 2 aromatic rings. The van der Waals surface area contributed by atoms with Crippen LogP contribution >= 0.6 is 0 Å². The fourth-order valence-corrected chi connectivity index (χ4v) is 3.05. The fourth-order valence-electron chi connectivity index (χ4n) is 3.05. The van der Waals surface area contributed by atoms with Gasteiger partial charge >= 0.3 is 24.9 Å². The van der Waals surface area contributed by atoms with Gasteiger partial charge in [0, 0.05) is 12.1 Å². The summed E-state index contributed by atoms with van der Waals surface area (Å²) in [5.41, 5.74) is -4.22. The summed E-state index contributed by atoms with van der Waals surface area (Å²) in [6.45, 7) is 2.93. The van der Waals surface area contributed by atoms with Gasteiger partial charge in [-0.2, -0.15) is 43.9 Å². The molecule has 0 unspecified atom stereocenters. The van der Waals surface area contributed by atoms with Gasteiger partial charge in [-0.3, -0.25) is 4.79 Å². The summed E-state index contributed by atoms with van der Waals surface area (Å²) in [5.74, 6) is -6.22. The molecule has 0 aliphatic carbocycles. The Morgan fingerprint density at radius 3 is 1.97 bits per heavy atom. The van der Waals surface area contributed by atoms with Crippen LogP contribution in [-0.4, -0.2) is 36.9 Å². The van der Waals surface area contributed by atoms with E-state index in [0.717, 1.165) is 18.2 Å². The molecule has 0 bridgehead atoms. The minimum absolute atomic E-state index is 0.224. The van der Waals surface area contributed by atoms with Crippen molar-refractivity contribution in [3.63, 3.8) is 0 Å². The van der Waals surface area contributed by atoms with Crippen molar-refractivity contribution < 1.29 is 67.0 Å². The molecule has 216 valence electrons. The van der Waals surface area contributed by atoms with Crippen molar-refractivity contribution in [3.05, 3.63) is 70.8 Å². The first-order valence-electron chi connectivity index (χ1n) is 10.5. The van der Waals surface area contributed by atoms with Crippen LogP contribution in [0.15, 0.2) is 48.0 Å². The number of hydrogen-bond donors (Lipinski definition) is 1. The summed E-state index contributed by atoms with van der Waals surface area (Å²) in [5, 5.41) is 1.71. The lowest BCUT2D eigenvalue weighted by Crippen LogP contribution is -2.34. The molecule has 0 heterocycles. The number of hydrogen-bond acceptors (Lipinski definition) is 3. The predicted molar refractivity (Wildman–Crippen MR) is 110 cm³/mol. The number of benzene rings is 2. The van der Waals surface area contributed by atoms with Crippen molar-refractivity contribution in [1.82, 2.24) is 5.32 Å². The van der Waals surface area contributed by atoms with Crippen LogP contribution in [-0.2, 0) is 4.79 Å². The number of carbonyl (C=O) groups excluding carboxylic acids is 1. The number of halogens is 12. The van der Waals surface area contributed by atoms with Gasteiger partial charge in [0.1, 0.15) is 17.1 Å². The average molecular weight is 583 g/mol. The van der Waals surface area contributed by atoms with Gasteiger partial charge in [-0.05, 0) is 49.2 Å². The molecular formula is C23H17F12NO3. The first-order chi connectivity index (χ1) is 17.7. The Hall–Kier alpha value is -3.59. The molecule has 2 aromatic carbocycles. The highest BCUT2D eigenvalue weighted by Crippen LogP contribution is 2.39. The number of amides is 1. The first kappa shape index (κ1) is 31.6. The third kappa shape index (κ3) is 8.71. The molecule has 1 N–H and O–H groups in total. The van der Waals surface area contributed by atoms with Gasteiger partial charge in [0.15, 0.2) is 11.6 Å². The lowest BCUT2D eigenvalue weighted by molar-refractivity contribution is -0.253. The van der Waals surface area contributed by atoms with Crippen molar-refractivity contribution in [2.45, 2.75) is 50.9 Å². The molecule has 16 heteroatoms. The fraction of sp³-hybridized carbons (Fsp3) is 0.348. The van der Waals surface area contributed by atoms with E-state index in [4.69, 9.17) is 4.74 Å². The molecule has 1 atom stereocenters. The average Bonchev–Trinajstić information content (AvgIpc) is 2.74. The topological polar surface area (TPSA) is 47.6 Å². The molecule has 0 radical (unpaired) electrons. The molecule has 0 aliphatic rings.